The molecule has 1 fully saturated rings. The first-order chi connectivity index (χ1) is 9.91. The second kappa shape index (κ2) is 6.61. The standard InChI is InChI=1S/C12H18F6N2O2/c1-10(11(13,14)15,12(16,17)18)9(21)19(2)3-4-20-5-7-22-8-6-20/h3-8H2,1-2H3. The van der Waals surface area contributed by atoms with Crippen LogP contribution in [0.25, 0.3) is 0 Å². The normalized spacial score (nSPS) is 18.4. The third-order valence-corrected chi connectivity index (χ3v) is 3.76. The Balaban J connectivity index is 2.77. The number of halogens is 6. The van der Waals surface area contributed by atoms with E-state index in [2.05, 4.69) is 0 Å². The Morgan fingerprint density at radius 3 is 1.95 bits per heavy atom. The van der Waals surface area contributed by atoms with Gasteiger partial charge in [0.2, 0.25) is 11.3 Å². The van der Waals surface area contributed by atoms with Gasteiger partial charge in [0.05, 0.1) is 13.2 Å². The van der Waals surface area contributed by atoms with Crippen molar-refractivity contribution in [1.82, 2.24) is 9.80 Å². The third kappa shape index (κ3) is 3.83. The molecule has 0 aliphatic carbocycles. The molecule has 0 atom stereocenters. The van der Waals surface area contributed by atoms with Crippen LogP contribution in [-0.2, 0) is 9.53 Å². The van der Waals surface area contributed by atoms with Gasteiger partial charge >= 0.3 is 12.4 Å². The van der Waals surface area contributed by atoms with Crippen LogP contribution in [0.3, 0.4) is 0 Å². The Labute approximate surface area is 124 Å². The fourth-order valence-electron chi connectivity index (χ4n) is 2.00. The Morgan fingerprint density at radius 1 is 1.09 bits per heavy atom. The fraction of sp³-hybridized carbons (Fsp3) is 0.917. The molecule has 10 heteroatoms. The fourth-order valence-corrected chi connectivity index (χ4v) is 2.00. The molecule has 0 N–H and O–H groups in total. The molecule has 1 rings (SSSR count). The number of hydrogen-bond acceptors (Lipinski definition) is 3. The molecule has 1 aliphatic rings. The van der Waals surface area contributed by atoms with Crippen molar-refractivity contribution < 1.29 is 35.9 Å². The van der Waals surface area contributed by atoms with E-state index in [1.165, 1.54) is 0 Å². The SMILES string of the molecule is CN(CCN1CCOCC1)C(=O)C(C)(C(F)(F)F)C(F)(F)F. The summed E-state index contributed by atoms with van der Waals surface area (Å²) in [5, 5.41) is 0. The van der Waals surface area contributed by atoms with Crippen LogP contribution in [0.2, 0.25) is 0 Å². The molecular weight excluding hydrogens is 318 g/mol. The van der Waals surface area contributed by atoms with Crippen LogP contribution in [0, 0.1) is 5.41 Å². The summed E-state index contributed by atoms with van der Waals surface area (Å²) in [6.45, 7) is 1.79. The van der Waals surface area contributed by atoms with Gasteiger partial charge in [0.1, 0.15) is 0 Å². The average Bonchev–Trinajstić information content (AvgIpc) is 2.41. The predicted octanol–water partition coefficient (Wildman–Crippen LogP) is 1.91. The maximum atomic E-state index is 12.8. The van der Waals surface area contributed by atoms with Crippen molar-refractivity contribution in [1.29, 1.82) is 0 Å². The van der Waals surface area contributed by atoms with Crippen LogP contribution >= 0.6 is 0 Å². The van der Waals surface area contributed by atoms with E-state index >= 15 is 0 Å². The summed E-state index contributed by atoms with van der Waals surface area (Å²) in [6.07, 6.45) is -11.4. The Bertz CT molecular complexity index is 376. The quantitative estimate of drug-likeness (QED) is 0.736. The number of ether oxygens (including phenoxy) is 1. The molecule has 1 saturated heterocycles. The summed E-state index contributed by atoms with van der Waals surface area (Å²) in [6, 6.07) is 0. The Hall–Kier alpha value is -1.03. The van der Waals surface area contributed by atoms with Gasteiger partial charge in [-0.05, 0) is 6.92 Å². The molecule has 0 radical (unpaired) electrons. The van der Waals surface area contributed by atoms with Crippen molar-refractivity contribution in [3.63, 3.8) is 0 Å². The van der Waals surface area contributed by atoms with Gasteiger partial charge < -0.3 is 9.64 Å². The van der Waals surface area contributed by atoms with Crippen LogP contribution in [0.1, 0.15) is 6.92 Å². The number of rotatable bonds is 4. The Kier molecular flexibility index (Phi) is 5.71. The van der Waals surface area contributed by atoms with E-state index in [1.54, 1.807) is 0 Å². The van der Waals surface area contributed by atoms with Gasteiger partial charge in [0.25, 0.3) is 0 Å². The molecule has 4 nitrogen and oxygen atoms in total. The summed E-state index contributed by atoms with van der Waals surface area (Å²) in [5.41, 5.74) is -4.40. The van der Waals surface area contributed by atoms with Crippen molar-refractivity contribution in [2.24, 2.45) is 5.41 Å². The van der Waals surface area contributed by atoms with E-state index in [0.29, 0.717) is 31.2 Å². The summed E-state index contributed by atoms with van der Waals surface area (Å²) in [4.78, 5) is 14.1. The zero-order valence-corrected chi connectivity index (χ0v) is 12.2. The molecule has 0 unspecified atom stereocenters. The van der Waals surface area contributed by atoms with Crippen LogP contribution in [0.5, 0.6) is 0 Å². The van der Waals surface area contributed by atoms with Gasteiger partial charge in [0.15, 0.2) is 0 Å². The first-order valence-corrected chi connectivity index (χ1v) is 6.60. The molecular formula is C12H18F6N2O2. The van der Waals surface area contributed by atoms with Crippen LogP contribution in [0.15, 0.2) is 0 Å². The van der Waals surface area contributed by atoms with Crippen LogP contribution in [-0.4, -0.2) is 74.5 Å². The number of alkyl halides is 6. The maximum Gasteiger partial charge on any atom is 0.411 e. The van der Waals surface area contributed by atoms with Gasteiger partial charge in [0, 0.05) is 33.2 Å². The number of nitrogens with zero attached hydrogens (tertiary/aromatic N) is 2. The van der Waals surface area contributed by atoms with E-state index in [9.17, 15) is 31.1 Å². The van der Waals surface area contributed by atoms with Crippen LogP contribution in [0.4, 0.5) is 26.3 Å². The van der Waals surface area contributed by atoms with Crippen molar-refractivity contribution in [2.45, 2.75) is 19.3 Å². The highest BCUT2D eigenvalue weighted by Gasteiger charge is 2.72. The zero-order valence-electron chi connectivity index (χ0n) is 12.2. The lowest BCUT2D eigenvalue weighted by atomic mass is 9.87. The van der Waals surface area contributed by atoms with Crippen molar-refractivity contribution in [3.8, 4) is 0 Å². The number of hydrogen-bond donors (Lipinski definition) is 0. The molecule has 130 valence electrons. The number of carbonyl (C=O) groups excluding carboxylic acids is 1. The minimum absolute atomic E-state index is 0.124. The number of amides is 1. The smallest absolute Gasteiger partial charge is 0.379 e. The van der Waals surface area contributed by atoms with E-state index in [1.807, 2.05) is 4.90 Å². The van der Waals surface area contributed by atoms with E-state index in [0.717, 1.165) is 7.05 Å². The van der Waals surface area contributed by atoms with Crippen molar-refractivity contribution in [3.05, 3.63) is 0 Å². The van der Waals surface area contributed by atoms with Gasteiger partial charge in [-0.3, -0.25) is 9.69 Å². The minimum atomic E-state index is -5.71. The molecule has 0 aromatic rings. The third-order valence-electron chi connectivity index (χ3n) is 3.76. The second-order valence-electron chi connectivity index (χ2n) is 5.30. The lowest BCUT2D eigenvalue weighted by Gasteiger charge is -2.36. The van der Waals surface area contributed by atoms with Crippen LogP contribution < -0.4 is 0 Å². The summed E-state index contributed by atoms with van der Waals surface area (Å²) < 4.78 is 81.9. The molecule has 1 heterocycles. The second-order valence-corrected chi connectivity index (χ2v) is 5.30. The monoisotopic (exact) mass is 336 g/mol. The van der Waals surface area contributed by atoms with Gasteiger partial charge in [-0.2, -0.15) is 26.3 Å². The van der Waals surface area contributed by atoms with Gasteiger partial charge in [-0.15, -0.1) is 0 Å². The van der Waals surface area contributed by atoms with Gasteiger partial charge in [-0.25, -0.2) is 0 Å². The van der Waals surface area contributed by atoms with E-state index < -0.39 is 23.7 Å². The van der Waals surface area contributed by atoms with Crippen molar-refractivity contribution >= 4 is 5.91 Å². The first kappa shape index (κ1) is 19.0. The zero-order chi connectivity index (χ0) is 17.2. The lowest BCUT2D eigenvalue weighted by Crippen LogP contribution is -2.58. The highest BCUT2D eigenvalue weighted by Crippen LogP contribution is 2.50. The molecule has 0 bridgehead atoms. The molecule has 1 amide bonds. The first-order valence-electron chi connectivity index (χ1n) is 6.60. The number of morpholine rings is 1. The molecule has 0 aromatic heterocycles. The lowest BCUT2D eigenvalue weighted by molar-refractivity contribution is -0.322. The molecule has 1 aliphatic heterocycles. The van der Waals surface area contributed by atoms with E-state index in [-0.39, 0.29) is 20.0 Å². The predicted molar refractivity (Wildman–Crippen MR) is 65.1 cm³/mol. The molecule has 0 aromatic carbocycles. The van der Waals surface area contributed by atoms with Gasteiger partial charge in [-0.1, -0.05) is 0 Å². The highest BCUT2D eigenvalue weighted by molar-refractivity contribution is 5.84. The highest BCUT2D eigenvalue weighted by atomic mass is 19.4. The average molecular weight is 336 g/mol. The molecule has 0 spiro atoms. The molecule has 0 saturated carbocycles. The number of likely N-dealkylation sites (N-methyl/N-ethyl adjacent to an activating group) is 1. The van der Waals surface area contributed by atoms with Crippen molar-refractivity contribution in [2.75, 3.05) is 46.4 Å². The minimum Gasteiger partial charge on any atom is -0.379 e. The maximum absolute atomic E-state index is 12.8. The molecule has 22 heavy (non-hydrogen) atoms. The number of carbonyl (C=O) groups is 1. The van der Waals surface area contributed by atoms with E-state index in [4.69, 9.17) is 4.74 Å². The largest absolute Gasteiger partial charge is 0.411 e. The summed E-state index contributed by atoms with van der Waals surface area (Å²) >= 11 is 0. The topological polar surface area (TPSA) is 32.8 Å². The summed E-state index contributed by atoms with van der Waals surface area (Å²) in [5.74, 6) is -2.00. The Morgan fingerprint density at radius 2 is 1.55 bits per heavy atom. The summed E-state index contributed by atoms with van der Waals surface area (Å²) in [7, 11) is 0.943.